The first kappa shape index (κ1) is 15.9. The number of anilines is 1. The SMILES string of the molecule is CCCNc1nc(C(C)(C)C)nc(CC(C)C)c1C. The maximum atomic E-state index is 4.80. The summed E-state index contributed by atoms with van der Waals surface area (Å²) in [5.41, 5.74) is 2.38. The summed E-state index contributed by atoms with van der Waals surface area (Å²) < 4.78 is 0. The third-order valence-corrected chi connectivity index (χ3v) is 3.06. The highest BCUT2D eigenvalue weighted by Crippen LogP contribution is 2.25. The monoisotopic (exact) mass is 263 g/mol. The summed E-state index contributed by atoms with van der Waals surface area (Å²) >= 11 is 0. The van der Waals surface area contributed by atoms with Gasteiger partial charge in [0.2, 0.25) is 0 Å². The van der Waals surface area contributed by atoms with Gasteiger partial charge in [-0.2, -0.15) is 0 Å². The first-order valence-corrected chi connectivity index (χ1v) is 7.37. The minimum atomic E-state index is -0.0118. The molecule has 19 heavy (non-hydrogen) atoms. The molecule has 0 unspecified atom stereocenters. The number of aromatic nitrogens is 2. The summed E-state index contributed by atoms with van der Waals surface area (Å²) in [6.45, 7) is 16.2. The molecule has 3 nitrogen and oxygen atoms in total. The van der Waals surface area contributed by atoms with E-state index in [0.717, 1.165) is 31.0 Å². The molecule has 1 N–H and O–H groups in total. The molecule has 108 valence electrons. The van der Waals surface area contributed by atoms with Crippen LogP contribution in [0.15, 0.2) is 0 Å². The number of nitrogens with zero attached hydrogens (tertiary/aromatic N) is 2. The lowest BCUT2D eigenvalue weighted by atomic mass is 9.94. The largest absolute Gasteiger partial charge is 0.370 e. The molecule has 0 aliphatic rings. The fraction of sp³-hybridized carbons (Fsp3) is 0.750. The Hall–Kier alpha value is -1.12. The van der Waals surface area contributed by atoms with Crippen LogP contribution in [0, 0.1) is 12.8 Å². The van der Waals surface area contributed by atoms with Gasteiger partial charge in [0.15, 0.2) is 0 Å². The van der Waals surface area contributed by atoms with Gasteiger partial charge in [0.05, 0.1) is 0 Å². The molecular formula is C16H29N3. The van der Waals surface area contributed by atoms with Crippen LogP contribution in [0.3, 0.4) is 0 Å². The molecule has 0 aliphatic carbocycles. The van der Waals surface area contributed by atoms with Crippen LogP contribution in [-0.2, 0) is 11.8 Å². The lowest BCUT2D eigenvalue weighted by Gasteiger charge is -2.21. The summed E-state index contributed by atoms with van der Waals surface area (Å²) in [4.78, 5) is 9.53. The van der Waals surface area contributed by atoms with E-state index >= 15 is 0 Å². The molecule has 0 radical (unpaired) electrons. The van der Waals surface area contributed by atoms with Gasteiger partial charge in [-0.15, -0.1) is 0 Å². The van der Waals surface area contributed by atoms with Crippen molar-refractivity contribution in [1.29, 1.82) is 0 Å². The number of nitrogens with one attached hydrogen (secondary N) is 1. The Morgan fingerprint density at radius 3 is 2.26 bits per heavy atom. The fourth-order valence-corrected chi connectivity index (χ4v) is 1.90. The van der Waals surface area contributed by atoms with Crippen molar-refractivity contribution >= 4 is 5.82 Å². The zero-order chi connectivity index (χ0) is 14.6. The standard InChI is InChI=1S/C16H29N3/c1-8-9-17-14-12(4)13(10-11(2)3)18-15(19-14)16(5,6)7/h11H,8-10H2,1-7H3,(H,17,18,19). The topological polar surface area (TPSA) is 37.8 Å². The molecule has 1 rings (SSSR count). The highest BCUT2D eigenvalue weighted by Gasteiger charge is 2.21. The van der Waals surface area contributed by atoms with Crippen LogP contribution in [0.25, 0.3) is 0 Å². The molecule has 1 aromatic heterocycles. The normalized spacial score (nSPS) is 12.0. The molecule has 3 heteroatoms. The van der Waals surface area contributed by atoms with Gasteiger partial charge in [-0.05, 0) is 25.7 Å². The quantitative estimate of drug-likeness (QED) is 0.869. The van der Waals surface area contributed by atoms with Crippen LogP contribution in [0.2, 0.25) is 0 Å². The second-order valence-electron chi connectivity index (χ2n) is 6.74. The van der Waals surface area contributed by atoms with E-state index in [1.807, 2.05) is 0 Å². The van der Waals surface area contributed by atoms with E-state index in [-0.39, 0.29) is 5.41 Å². The molecule has 0 fully saturated rings. The Balaban J connectivity index is 3.21. The van der Waals surface area contributed by atoms with Crippen LogP contribution < -0.4 is 5.32 Å². The van der Waals surface area contributed by atoms with Crippen molar-refractivity contribution in [2.45, 2.75) is 66.7 Å². The van der Waals surface area contributed by atoms with Crippen molar-refractivity contribution in [2.75, 3.05) is 11.9 Å². The molecule has 0 bridgehead atoms. The predicted molar refractivity (Wildman–Crippen MR) is 82.8 cm³/mol. The van der Waals surface area contributed by atoms with Crippen LogP contribution in [-0.4, -0.2) is 16.5 Å². The zero-order valence-corrected chi connectivity index (χ0v) is 13.6. The molecule has 0 saturated carbocycles. The van der Waals surface area contributed by atoms with Crippen LogP contribution in [0.5, 0.6) is 0 Å². The van der Waals surface area contributed by atoms with E-state index in [1.54, 1.807) is 0 Å². The zero-order valence-electron chi connectivity index (χ0n) is 13.6. The van der Waals surface area contributed by atoms with Gasteiger partial charge in [-0.25, -0.2) is 9.97 Å². The number of hydrogen-bond donors (Lipinski definition) is 1. The van der Waals surface area contributed by atoms with E-state index in [4.69, 9.17) is 9.97 Å². The molecule has 0 spiro atoms. The molecule has 0 saturated heterocycles. The number of hydrogen-bond acceptors (Lipinski definition) is 3. The van der Waals surface area contributed by atoms with Gasteiger partial charge in [-0.3, -0.25) is 0 Å². The van der Waals surface area contributed by atoms with Crippen LogP contribution in [0.4, 0.5) is 5.82 Å². The first-order chi connectivity index (χ1) is 8.75. The Labute approximate surface area is 118 Å². The van der Waals surface area contributed by atoms with E-state index < -0.39 is 0 Å². The minimum Gasteiger partial charge on any atom is -0.370 e. The Morgan fingerprint density at radius 2 is 1.79 bits per heavy atom. The summed E-state index contributed by atoms with van der Waals surface area (Å²) in [6.07, 6.45) is 2.12. The molecule has 1 heterocycles. The highest BCUT2D eigenvalue weighted by molar-refractivity contribution is 5.46. The average molecular weight is 263 g/mol. The molecule has 0 aromatic carbocycles. The van der Waals surface area contributed by atoms with Gasteiger partial charge >= 0.3 is 0 Å². The van der Waals surface area contributed by atoms with Crippen molar-refractivity contribution in [3.8, 4) is 0 Å². The van der Waals surface area contributed by atoms with E-state index in [1.165, 1.54) is 11.3 Å². The second-order valence-corrected chi connectivity index (χ2v) is 6.74. The third-order valence-electron chi connectivity index (χ3n) is 3.06. The first-order valence-electron chi connectivity index (χ1n) is 7.37. The summed E-state index contributed by atoms with van der Waals surface area (Å²) in [6, 6.07) is 0. The van der Waals surface area contributed by atoms with E-state index in [2.05, 4.69) is 53.8 Å². The smallest absolute Gasteiger partial charge is 0.136 e. The molecule has 0 amide bonds. The summed E-state index contributed by atoms with van der Waals surface area (Å²) in [5.74, 6) is 2.56. The summed E-state index contributed by atoms with van der Waals surface area (Å²) in [7, 11) is 0. The van der Waals surface area contributed by atoms with E-state index in [0.29, 0.717) is 5.92 Å². The summed E-state index contributed by atoms with van der Waals surface area (Å²) in [5, 5.41) is 3.44. The highest BCUT2D eigenvalue weighted by atomic mass is 15.0. The van der Waals surface area contributed by atoms with Crippen LogP contribution >= 0.6 is 0 Å². The van der Waals surface area contributed by atoms with Crippen molar-refractivity contribution in [1.82, 2.24) is 9.97 Å². The van der Waals surface area contributed by atoms with Gasteiger partial charge in [0, 0.05) is 23.2 Å². The van der Waals surface area contributed by atoms with Crippen molar-refractivity contribution in [3.63, 3.8) is 0 Å². The maximum Gasteiger partial charge on any atom is 0.136 e. The van der Waals surface area contributed by atoms with Crippen molar-refractivity contribution < 1.29 is 0 Å². The van der Waals surface area contributed by atoms with Crippen molar-refractivity contribution in [2.24, 2.45) is 5.92 Å². The molecule has 1 aromatic rings. The average Bonchev–Trinajstić information content (AvgIpc) is 2.28. The lowest BCUT2D eigenvalue weighted by molar-refractivity contribution is 0.534. The molecule has 0 aliphatic heterocycles. The van der Waals surface area contributed by atoms with E-state index in [9.17, 15) is 0 Å². The predicted octanol–water partition coefficient (Wildman–Crippen LogP) is 4.10. The van der Waals surface area contributed by atoms with Gasteiger partial charge < -0.3 is 5.32 Å². The maximum absolute atomic E-state index is 4.80. The molecule has 0 atom stereocenters. The van der Waals surface area contributed by atoms with Gasteiger partial charge in [-0.1, -0.05) is 41.5 Å². The Kier molecular flexibility index (Phi) is 5.33. The lowest BCUT2D eigenvalue weighted by Crippen LogP contribution is -2.20. The Bertz CT molecular complexity index is 417. The second kappa shape index (κ2) is 6.36. The van der Waals surface area contributed by atoms with Gasteiger partial charge in [0.25, 0.3) is 0 Å². The third kappa shape index (κ3) is 4.48. The Morgan fingerprint density at radius 1 is 1.16 bits per heavy atom. The van der Waals surface area contributed by atoms with Crippen molar-refractivity contribution in [3.05, 3.63) is 17.1 Å². The number of rotatable bonds is 5. The minimum absolute atomic E-state index is 0.0118. The van der Waals surface area contributed by atoms with Crippen LogP contribution in [0.1, 0.15) is 65.0 Å². The van der Waals surface area contributed by atoms with Gasteiger partial charge in [0.1, 0.15) is 11.6 Å². The molecular weight excluding hydrogens is 234 g/mol. The fourth-order valence-electron chi connectivity index (χ4n) is 1.90.